The van der Waals surface area contributed by atoms with Gasteiger partial charge in [0.2, 0.25) is 0 Å². The van der Waals surface area contributed by atoms with E-state index in [2.05, 4.69) is 0 Å². The Balaban J connectivity index is 1.32. The second kappa shape index (κ2) is 12.7. The molecule has 13 heteroatoms. The standard InChI is InChI=1S/C40H20F12S/c41-37(42,43)25-13-23(14-26(19-25)38(44,45)46)31-7-3-1-5-29(31)21-9-11-33-34-12-10-22(18-36(34)53-35(33)17-21)30-6-2-4-8-32(30)24-15-27(39(47,48)49)20-28(16-24)40(50,51)52/h1-20H. The van der Waals surface area contributed by atoms with Crippen molar-refractivity contribution in [2.24, 2.45) is 0 Å². The van der Waals surface area contributed by atoms with E-state index >= 15 is 0 Å². The second-order valence-electron chi connectivity index (χ2n) is 12.2. The van der Waals surface area contributed by atoms with E-state index in [9.17, 15) is 52.7 Å². The fourth-order valence-corrected chi connectivity index (χ4v) is 7.49. The quantitative estimate of drug-likeness (QED) is 0.157. The summed E-state index contributed by atoms with van der Waals surface area (Å²) < 4.78 is 165. The van der Waals surface area contributed by atoms with Crippen molar-refractivity contribution >= 4 is 31.5 Å². The Kier molecular flexibility index (Phi) is 8.63. The molecule has 0 saturated heterocycles. The molecule has 0 spiro atoms. The van der Waals surface area contributed by atoms with Gasteiger partial charge >= 0.3 is 24.7 Å². The SMILES string of the molecule is FC(F)(F)c1cc(-c2ccccc2-c2ccc3c(c2)sc2cc(-c4ccccc4-c4cc(C(F)(F)F)cc(C(F)(F)F)c4)ccc23)cc(C(F)(F)F)c1. The van der Waals surface area contributed by atoms with Crippen molar-refractivity contribution in [3.05, 3.63) is 144 Å². The lowest BCUT2D eigenvalue weighted by Crippen LogP contribution is -2.11. The van der Waals surface area contributed by atoms with Crippen LogP contribution in [0.2, 0.25) is 0 Å². The third kappa shape index (κ3) is 7.09. The summed E-state index contributed by atoms with van der Waals surface area (Å²) in [5.74, 6) is 0. The van der Waals surface area contributed by atoms with Gasteiger partial charge in [-0.3, -0.25) is 0 Å². The third-order valence-electron chi connectivity index (χ3n) is 8.75. The van der Waals surface area contributed by atoms with E-state index in [0.717, 1.165) is 10.8 Å². The van der Waals surface area contributed by atoms with Crippen molar-refractivity contribution in [2.45, 2.75) is 24.7 Å². The Morgan fingerprint density at radius 1 is 0.302 bits per heavy atom. The fourth-order valence-electron chi connectivity index (χ4n) is 6.31. The number of alkyl halides is 12. The van der Waals surface area contributed by atoms with Gasteiger partial charge < -0.3 is 0 Å². The molecule has 0 amide bonds. The molecule has 6 aromatic carbocycles. The Bertz CT molecular complexity index is 2280. The largest absolute Gasteiger partial charge is 0.416 e. The molecule has 0 unspecified atom stereocenters. The van der Waals surface area contributed by atoms with Crippen LogP contribution in [0.5, 0.6) is 0 Å². The normalized spacial score (nSPS) is 12.9. The second-order valence-corrected chi connectivity index (χ2v) is 13.3. The van der Waals surface area contributed by atoms with Crippen molar-refractivity contribution < 1.29 is 52.7 Å². The van der Waals surface area contributed by atoms with Crippen LogP contribution in [-0.4, -0.2) is 0 Å². The van der Waals surface area contributed by atoms with E-state index in [1.165, 1.54) is 35.6 Å². The molecule has 0 N–H and O–H groups in total. The maximum absolute atomic E-state index is 13.7. The van der Waals surface area contributed by atoms with Crippen molar-refractivity contribution in [1.82, 2.24) is 0 Å². The topological polar surface area (TPSA) is 0 Å². The molecule has 53 heavy (non-hydrogen) atoms. The smallest absolute Gasteiger partial charge is 0.166 e. The number of benzene rings is 6. The summed E-state index contributed by atoms with van der Waals surface area (Å²) in [4.78, 5) is 0. The van der Waals surface area contributed by atoms with Gasteiger partial charge in [-0.15, -0.1) is 11.3 Å². The van der Waals surface area contributed by atoms with Crippen LogP contribution in [0.25, 0.3) is 64.7 Å². The van der Waals surface area contributed by atoms with Crippen LogP contribution in [0.15, 0.2) is 121 Å². The minimum absolute atomic E-state index is 0.0709. The zero-order valence-electron chi connectivity index (χ0n) is 26.5. The monoisotopic (exact) mass is 760 g/mol. The summed E-state index contributed by atoms with van der Waals surface area (Å²) in [5, 5.41) is 1.55. The van der Waals surface area contributed by atoms with Crippen LogP contribution in [-0.2, 0) is 24.7 Å². The molecule has 7 aromatic rings. The molecule has 0 radical (unpaired) electrons. The minimum atomic E-state index is -5.03. The maximum atomic E-state index is 13.7. The van der Waals surface area contributed by atoms with Gasteiger partial charge in [0, 0.05) is 20.2 Å². The summed E-state index contributed by atoms with van der Waals surface area (Å²) in [6.07, 6.45) is -20.1. The summed E-state index contributed by atoms with van der Waals surface area (Å²) in [7, 11) is 0. The van der Waals surface area contributed by atoms with Gasteiger partial charge in [-0.1, -0.05) is 72.8 Å². The molecule has 0 saturated carbocycles. The van der Waals surface area contributed by atoms with Gasteiger partial charge in [0.15, 0.2) is 0 Å². The zero-order valence-corrected chi connectivity index (χ0v) is 27.3. The Hall–Kier alpha value is -5.30. The lowest BCUT2D eigenvalue weighted by Gasteiger charge is -2.16. The molecule has 1 heterocycles. The molecule has 0 atom stereocenters. The van der Waals surface area contributed by atoms with Gasteiger partial charge in [0.05, 0.1) is 22.3 Å². The molecule has 0 aliphatic heterocycles. The predicted molar refractivity (Wildman–Crippen MR) is 181 cm³/mol. The summed E-state index contributed by atoms with van der Waals surface area (Å²) in [6, 6.07) is 25.6. The Morgan fingerprint density at radius 2 is 0.585 bits per heavy atom. The molecular weight excluding hydrogens is 740 g/mol. The van der Waals surface area contributed by atoms with Crippen molar-refractivity contribution in [3.63, 3.8) is 0 Å². The first kappa shape index (κ1) is 36.1. The highest BCUT2D eigenvalue weighted by molar-refractivity contribution is 7.25. The van der Waals surface area contributed by atoms with E-state index < -0.39 is 47.0 Å². The molecule has 0 aliphatic carbocycles. The van der Waals surface area contributed by atoms with Gasteiger partial charge in [0.1, 0.15) is 0 Å². The van der Waals surface area contributed by atoms with Crippen LogP contribution in [0.4, 0.5) is 52.7 Å². The van der Waals surface area contributed by atoms with E-state index in [0.29, 0.717) is 55.9 Å². The number of hydrogen-bond acceptors (Lipinski definition) is 1. The summed E-state index contributed by atoms with van der Waals surface area (Å²) >= 11 is 1.31. The lowest BCUT2D eigenvalue weighted by molar-refractivity contribution is -0.144. The van der Waals surface area contributed by atoms with E-state index in [1.54, 1.807) is 60.7 Å². The van der Waals surface area contributed by atoms with E-state index in [4.69, 9.17) is 0 Å². The van der Waals surface area contributed by atoms with Crippen LogP contribution >= 0.6 is 11.3 Å². The highest BCUT2D eigenvalue weighted by Crippen LogP contribution is 2.45. The summed E-state index contributed by atoms with van der Waals surface area (Å²) in [6.45, 7) is 0. The van der Waals surface area contributed by atoms with Gasteiger partial charge in [-0.2, -0.15) is 52.7 Å². The molecule has 7 rings (SSSR count). The third-order valence-corrected chi connectivity index (χ3v) is 9.86. The van der Waals surface area contributed by atoms with E-state index in [1.807, 2.05) is 0 Å². The number of thiophene rings is 1. The molecule has 270 valence electrons. The van der Waals surface area contributed by atoms with Crippen LogP contribution in [0.3, 0.4) is 0 Å². The molecule has 1 aromatic heterocycles. The van der Waals surface area contributed by atoms with Crippen LogP contribution < -0.4 is 0 Å². The number of fused-ring (bicyclic) bond motifs is 3. The van der Waals surface area contributed by atoms with Crippen molar-refractivity contribution in [3.8, 4) is 44.5 Å². The minimum Gasteiger partial charge on any atom is -0.166 e. The summed E-state index contributed by atoms with van der Waals surface area (Å²) in [5.41, 5.74) is -4.23. The highest BCUT2D eigenvalue weighted by Gasteiger charge is 2.38. The molecule has 0 nitrogen and oxygen atoms in total. The first-order chi connectivity index (χ1) is 24.8. The maximum Gasteiger partial charge on any atom is 0.416 e. The predicted octanol–water partition coefficient (Wildman–Crippen LogP) is 14.8. The fraction of sp³-hybridized carbons (Fsp3) is 0.100. The highest BCUT2D eigenvalue weighted by atomic mass is 32.1. The Morgan fingerprint density at radius 3 is 0.868 bits per heavy atom. The molecule has 0 aliphatic rings. The van der Waals surface area contributed by atoms with Crippen LogP contribution in [0, 0.1) is 0 Å². The number of halogens is 12. The molecule has 0 bridgehead atoms. The zero-order chi connectivity index (χ0) is 38.1. The lowest BCUT2D eigenvalue weighted by atomic mass is 9.91. The van der Waals surface area contributed by atoms with Gasteiger partial charge in [-0.25, -0.2) is 0 Å². The van der Waals surface area contributed by atoms with Crippen molar-refractivity contribution in [2.75, 3.05) is 0 Å². The number of rotatable bonds is 4. The van der Waals surface area contributed by atoms with Crippen molar-refractivity contribution in [1.29, 1.82) is 0 Å². The Labute approximate surface area is 296 Å². The van der Waals surface area contributed by atoms with Crippen LogP contribution in [0.1, 0.15) is 22.3 Å². The van der Waals surface area contributed by atoms with Gasteiger partial charge in [-0.05, 0) is 93.0 Å². The first-order valence-electron chi connectivity index (χ1n) is 15.5. The molecular formula is C40H20F12S. The number of hydrogen-bond donors (Lipinski definition) is 0. The average Bonchev–Trinajstić information content (AvgIpc) is 3.47. The van der Waals surface area contributed by atoms with E-state index in [-0.39, 0.29) is 34.4 Å². The average molecular weight is 761 g/mol. The first-order valence-corrected chi connectivity index (χ1v) is 16.3. The molecule has 0 fully saturated rings. The van der Waals surface area contributed by atoms with Gasteiger partial charge in [0.25, 0.3) is 0 Å².